The van der Waals surface area contributed by atoms with Crippen molar-refractivity contribution < 1.29 is 13.6 Å². The Balaban J connectivity index is 2.01. The van der Waals surface area contributed by atoms with Gasteiger partial charge in [-0.3, -0.25) is 4.79 Å². The second-order valence-corrected chi connectivity index (χ2v) is 5.55. The van der Waals surface area contributed by atoms with Crippen LogP contribution in [0.15, 0.2) is 23.6 Å². The smallest absolute Gasteiger partial charge is 0.270 e. The van der Waals surface area contributed by atoms with Gasteiger partial charge in [0.2, 0.25) is 0 Å². The molecular weight excluding hydrogens is 296 g/mol. The molecule has 4 nitrogen and oxygen atoms in total. The lowest BCUT2D eigenvalue weighted by atomic mass is 10.1. The zero-order valence-electron chi connectivity index (χ0n) is 11.4. The summed E-state index contributed by atoms with van der Waals surface area (Å²) in [6.07, 6.45) is 0.0676. The number of nitrogens with zero attached hydrogens (tertiary/aromatic N) is 1. The first-order valence-electron chi connectivity index (χ1n) is 6.39. The van der Waals surface area contributed by atoms with E-state index in [1.54, 1.807) is 12.3 Å². The number of nitrogens with one attached hydrogen (secondary N) is 1. The molecule has 1 atom stereocenters. The Labute approximate surface area is 125 Å². The molecule has 1 unspecified atom stereocenters. The Morgan fingerprint density at radius 1 is 1.43 bits per heavy atom. The number of hydrogen-bond donors (Lipinski definition) is 2. The van der Waals surface area contributed by atoms with Crippen LogP contribution < -0.4 is 11.1 Å². The minimum atomic E-state index is -0.616. The first-order valence-corrected chi connectivity index (χ1v) is 7.27. The second-order valence-electron chi connectivity index (χ2n) is 4.61. The van der Waals surface area contributed by atoms with E-state index in [1.165, 1.54) is 29.5 Å². The average Bonchev–Trinajstić information content (AvgIpc) is 2.92. The van der Waals surface area contributed by atoms with Crippen LogP contribution >= 0.6 is 11.3 Å². The van der Waals surface area contributed by atoms with Crippen LogP contribution in [-0.4, -0.2) is 16.9 Å². The van der Waals surface area contributed by atoms with Gasteiger partial charge < -0.3 is 11.1 Å². The number of benzene rings is 1. The van der Waals surface area contributed by atoms with E-state index in [1.807, 2.05) is 0 Å². The van der Waals surface area contributed by atoms with E-state index in [4.69, 9.17) is 5.73 Å². The Morgan fingerprint density at radius 3 is 2.67 bits per heavy atom. The Morgan fingerprint density at radius 2 is 2.10 bits per heavy atom. The third kappa shape index (κ3) is 3.83. The maximum Gasteiger partial charge on any atom is 0.270 e. The van der Waals surface area contributed by atoms with E-state index in [0.717, 1.165) is 0 Å². The van der Waals surface area contributed by atoms with Gasteiger partial charge in [0.25, 0.3) is 5.91 Å². The molecule has 2 aromatic rings. The Hall–Kier alpha value is -1.86. The lowest BCUT2D eigenvalue weighted by Gasteiger charge is -2.14. The zero-order valence-corrected chi connectivity index (χ0v) is 12.2. The largest absolute Gasteiger partial charge is 0.348 e. The standard InChI is InChI=1S/C14H15F2N3OS/c1-8(5-9-10(15)3-2-4-11(9)16)18-14(20)12-7-21-13(6-17)19-12/h2-4,7-8H,5-6,17H2,1H3,(H,18,20). The summed E-state index contributed by atoms with van der Waals surface area (Å²) in [6, 6.07) is 3.27. The number of aromatic nitrogens is 1. The van der Waals surface area contributed by atoms with Crippen LogP contribution in [0, 0.1) is 11.6 Å². The molecule has 112 valence electrons. The van der Waals surface area contributed by atoms with Gasteiger partial charge in [0.15, 0.2) is 0 Å². The maximum absolute atomic E-state index is 13.5. The van der Waals surface area contributed by atoms with Gasteiger partial charge in [0, 0.05) is 23.5 Å². The highest BCUT2D eigenvalue weighted by Crippen LogP contribution is 2.15. The molecule has 0 aliphatic carbocycles. The van der Waals surface area contributed by atoms with E-state index >= 15 is 0 Å². The number of halogens is 2. The molecule has 1 aromatic heterocycles. The molecule has 1 aromatic carbocycles. The fraction of sp³-hybridized carbons (Fsp3) is 0.286. The molecule has 0 aliphatic rings. The van der Waals surface area contributed by atoms with Gasteiger partial charge in [-0.15, -0.1) is 11.3 Å². The maximum atomic E-state index is 13.5. The summed E-state index contributed by atoms with van der Waals surface area (Å²) in [5, 5.41) is 4.93. The average molecular weight is 311 g/mol. The predicted octanol–water partition coefficient (Wildman–Crippen LogP) is 2.24. The van der Waals surface area contributed by atoms with E-state index in [9.17, 15) is 13.6 Å². The van der Waals surface area contributed by atoms with Crippen molar-refractivity contribution >= 4 is 17.2 Å². The second kappa shape index (κ2) is 6.73. The van der Waals surface area contributed by atoms with Crippen molar-refractivity contribution in [1.29, 1.82) is 0 Å². The number of carbonyl (C=O) groups is 1. The molecule has 1 heterocycles. The first-order chi connectivity index (χ1) is 10.0. The summed E-state index contributed by atoms with van der Waals surface area (Å²) in [5.74, 6) is -1.61. The van der Waals surface area contributed by atoms with Gasteiger partial charge in [0.1, 0.15) is 22.3 Å². The number of carbonyl (C=O) groups excluding carboxylic acids is 1. The molecule has 0 spiro atoms. The van der Waals surface area contributed by atoms with Gasteiger partial charge in [-0.2, -0.15) is 0 Å². The van der Waals surface area contributed by atoms with Crippen LogP contribution in [0.2, 0.25) is 0 Å². The Bertz CT molecular complexity index is 625. The summed E-state index contributed by atoms with van der Waals surface area (Å²) in [5.41, 5.74) is 5.66. The number of nitrogens with two attached hydrogens (primary N) is 1. The van der Waals surface area contributed by atoms with Crippen LogP contribution in [0.3, 0.4) is 0 Å². The van der Waals surface area contributed by atoms with Crippen molar-refractivity contribution in [2.45, 2.75) is 25.9 Å². The van der Waals surface area contributed by atoms with Gasteiger partial charge in [0.05, 0.1) is 0 Å². The molecule has 0 aliphatic heterocycles. The van der Waals surface area contributed by atoms with E-state index in [2.05, 4.69) is 10.3 Å². The highest BCUT2D eigenvalue weighted by molar-refractivity contribution is 7.09. The van der Waals surface area contributed by atoms with E-state index in [-0.39, 0.29) is 30.1 Å². The SMILES string of the molecule is CC(Cc1c(F)cccc1F)NC(=O)c1csc(CN)n1. The van der Waals surface area contributed by atoms with Crippen molar-refractivity contribution in [1.82, 2.24) is 10.3 Å². The monoisotopic (exact) mass is 311 g/mol. The van der Waals surface area contributed by atoms with Crippen molar-refractivity contribution in [3.8, 4) is 0 Å². The predicted molar refractivity (Wildman–Crippen MR) is 77.0 cm³/mol. The molecule has 21 heavy (non-hydrogen) atoms. The van der Waals surface area contributed by atoms with Crippen LogP contribution in [0.5, 0.6) is 0 Å². The van der Waals surface area contributed by atoms with Gasteiger partial charge in [-0.25, -0.2) is 13.8 Å². The molecule has 3 N–H and O–H groups in total. The van der Waals surface area contributed by atoms with E-state index < -0.39 is 17.7 Å². The third-order valence-corrected chi connectivity index (χ3v) is 3.78. The summed E-state index contributed by atoms with van der Waals surface area (Å²) < 4.78 is 27.1. The number of amides is 1. The summed E-state index contributed by atoms with van der Waals surface area (Å²) in [4.78, 5) is 16.0. The molecule has 2 rings (SSSR count). The lowest BCUT2D eigenvalue weighted by Crippen LogP contribution is -2.34. The normalized spacial score (nSPS) is 12.2. The molecule has 0 saturated carbocycles. The van der Waals surface area contributed by atoms with Crippen molar-refractivity contribution in [2.24, 2.45) is 5.73 Å². The minimum absolute atomic E-state index is 0.0359. The lowest BCUT2D eigenvalue weighted by molar-refractivity contribution is 0.0935. The van der Waals surface area contributed by atoms with Gasteiger partial charge >= 0.3 is 0 Å². The van der Waals surface area contributed by atoms with Crippen LogP contribution in [0.1, 0.15) is 28.0 Å². The Kier molecular flexibility index (Phi) is 4.98. The molecule has 0 radical (unpaired) electrons. The fourth-order valence-electron chi connectivity index (χ4n) is 1.89. The minimum Gasteiger partial charge on any atom is -0.348 e. The highest BCUT2D eigenvalue weighted by atomic mass is 32.1. The van der Waals surface area contributed by atoms with E-state index in [0.29, 0.717) is 5.01 Å². The summed E-state index contributed by atoms with van der Waals surface area (Å²) in [7, 11) is 0. The third-order valence-electron chi connectivity index (χ3n) is 2.91. The topological polar surface area (TPSA) is 68.0 Å². The molecule has 1 amide bonds. The molecule has 0 bridgehead atoms. The van der Waals surface area contributed by atoms with Crippen LogP contribution in [0.25, 0.3) is 0 Å². The molecule has 0 fully saturated rings. The van der Waals surface area contributed by atoms with Gasteiger partial charge in [-0.1, -0.05) is 6.07 Å². The molecule has 7 heteroatoms. The number of rotatable bonds is 5. The first kappa shape index (κ1) is 15.5. The molecule has 0 saturated heterocycles. The van der Waals surface area contributed by atoms with Crippen molar-refractivity contribution in [3.05, 3.63) is 51.5 Å². The summed E-state index contributed by atoms with van der Waals surface area (Å²) >= 11 is 1.30. The number of hydrogen-bond acceptors (Lipinski definition) is 4. The van der Waals surface area contributed by atoms with Crippen molar-refractivity contribution in [3.63, 3.8) is 0 Å². The highest BCUT2D eigenvalue weighted by Gasteiger charge is 2.16. The summed E-state index contributed by atoms with van der Waals surface area (Å²) in [6.45, 7) is 1.95. The molecular formula is C14H15F2N3OS. The van der Waals surface area contributed by atoms with Crippen molar-refractivity contribution in [2.75, 3.05) is 0 Å². The number of thiazole rings is 1. The van der Waals surface area contributed by atoms with Crippen LogP contribution in [0.4, 0.5) is 8.78 Å². The van der Waals surface area contributed by atoms with Gasteiger partial charge in [-0.05, 0) is 25.5 Å². The van der Waals surface area contributed by atoms with Crippen LogP contribution in [-0.2, 0) is 13.0 Å². The quantitative estimate of drug-likeness (QED) is 0.890. The fourth-order valence-corrected chi connectivity index (χ4v) is 2.55. The zero-order chi connectivity index (χ0) is 15.4.